The molecular weight excluding hydrogens is 258 g/mol. The van der Waals surface area contributed by atoms with Crippen LogP contribution in [-0.4, -0.2) is 23.4 Å². The summed E-state index contributed by atoms with van der Waals surface area (Å²) in [6.45, 7) is 1.94. The Labute approximate surface area is 116 Å². The van der Waals surface area contributed by atoms with Crippen molar-refractivity contribution in [2.75, 3.05) is 0 Å². The summed E-state index contributed by atoms with van der Waals surface area (Å²) in [5.41, 5.74) is 2.72. The van der Waals surface area contributed by atoms with Gasteiger partial charge in [0, 0.05) is 6.42 Å². The van der Waals surface area contributed by atoms with Crippen LogP contribution in [-0.2, 0) is 15.0 Å². The fourth-order valence-electron chi connectivity index (χ4n) is 2.54. The smallest absolute Gasteiger partial charge is 0.237 e. The van der Waals surface area contributed by atoms with Gasteiger partial charge in [-0.3, -0.25) is 25.6 Å². The molecule has 1 unspecified atom stereocenters. The molecule has 20 heavy (non-hydrogen) atoms. The van der Waals surface area contributed by atoms with Crippen LogP contribution >= 0.6 is 0 Å². The van der Waals surface area contributed by atoms with Gasteiger partial charge in [0.05, 0.1) is 11.1 Å². The maximum absolute atomic E-state index is 12.2. The third-order valence-corrected chi connectivity index (χ3v) is 3.76. The number of nitrogens with one attached hydrogen (secondary N) is 2. The highest BCUT2D eigenvalue weighted by atomic mass is 16.5. The fraction of sp³-hybridized carbons (Fsp3) is 0.357. The van der Waals surface area contributed by atoms with Gasteiger partial charge in [0.1, 0.15) is 6.34 Å². The maximum atomic E-state index is 12.2. The molecule has 6 heteroatoms. The van der Waals surface area contributed by atoms with Gasteiger partial charge in [0.25, 0.3) is 0 Å². The minimum Gasteiger partial charge on any atom is -0.296 e. The summed E-state index contributed by atoms with van der Waals surface area (Å²) in [4.78, 5) is 27.5. The van der Waals surface area contributed by atoms with Crippen molar-refractivity contribution in [1.29, 1.82) is 0 Å². The number of imide groups is 1. The molecule has 6 nitrogen and oxygen atoms in total. The highest BCUT2D eigenvalue weighted by Crippen LogP contribution is 2.36. The van der Waals surface area contributed by atoms with Crippen molar-refractivity contribution < 1.29 is 14.8 Å². The van der Waals surface area contributed by atoms with E-state index in [0.29, 0.717) is 24.9 Å². The Balaban J connectivity index is 2.30. The van der Waals surface area contributed by atoms with E-state index in [1.807, 2.05) is 24.5 Å². The maximum Gasteiger partial charge on any atom is 0.237 e. The van der Waals surface area contributed by atoms with Crippen molar-refractivity contribution in [2.45, 2.75) is 31.6 Å². The lowest BCUT2D eigenvalue weighted by molar-refractivity contribution is -0.138. The molecule has 1 aliphatic rings. The van der Waals surface area contributed by atoms with E-state index in [9.17, 15) is 9.59 Å². The number of benzene rings is 1. The first-order valence-electron chi connectivity index (χ1n) is 6.49. The summed E-state index contributed by atoms with van der Waals surface area (Å²) in [6.07, 6.45) is 2.67. The molecule has 1 aromatic rings. The Morgan fingerprint density at radius 3 is 2.65 bits per heavy atom. The molecule has 3 N–H and O–H groups in total. The molecule has 1 aliphatic heterocycles. The molecule has 1 atom stereocenters. The molecule has 0 spiro atoms. The van der Waals surface area contributed by atoms with Gasteiger partial charge in [0.2, 0.25) is 11.8 Å². The Kier molecular flexibility index (Phi) is 4.14. The molecule has 0 bridgehead atoms. The fourth-order valence-corrected chi connectivity index (χ4v) is 2.54. The van der Waals surface area contributed by atoms with Gasteiger partial charge in [-0.15, -0.1) is 0 Å². The van der Waals surface area contributed by atoms with E-state index in [0.717, 1.165) is 11.9 Å². The number of rotatable bonds is 4. The third-order valence-electron chi connectivity index (χ3n) is 3.76. The van der Waals surface area contributed by atoms with E-state index in [1.165, 1.54) is 0 Å². The molecular formula is C14H17N3O3. The zero-order chi connectivity index (χ0) is 14.6. The number of hydrogen-bond donors (Lipinski definition) is 3. The second-order valence-electron chi connectivity index (χ2n) is 4.75. The molecule has 1 heterocycles. The summed E-state index contributed by atoms with van der Waals surface area (Å²) in [6, 6.07) is 7.21. The minimum atomic E-state index is -0.647. The number of piperidine rings is 1. The summed E-state index contributed by atoms with van der Waals surface area (Å²) < 4.78 is 0. The lowest BCUT2D eigenvalue weighted by Crippen LogP contribution is -2.51. The topological polar surface area (TPSA) is 90.8 Å². The second kappa shape index (κ2) is 5.83. The van der Waals surface area contributed by atoms with Gasteiger partial charge >= 0.3 is 0 Å². The monoisotopic (exact) mass is 275 g/mol. The van der Waals surface area contributed by atoms with Crippen molar-refractivity contribution in [1.82, 2.24) is 10.8 Å². The number of nitrogens with zero attached hydrogens (tertiary/aromatic N) is 1. The Bertz CT molecular complexity index is 539. The Hall–Kier alpha value is -2.21. The van der Waals surface area contributed by atoms with Crippen LogP contribution in [0.1, 0.15) is 31.7 Å². The van der Waals surface area contributed by atoms with E-state index >= 15 is 0 Å². The molecule has 1 saturated heterocycles. The van der Waals surface area contributed by atoms with Gasteiger partial charge in [0.15, 0.2) is 0 Å². The van der Waals surface area contributed by atoms with Crippen LogP contribution in [0.25, 0.3) is 0 Å². The van der Waals surface area contributed by atoms with Crippen LogP contribution in [0.2, 0.25) is 0 Å². The van der Waals surface area contributed by atoms with Gasteiger partial charge in [-0.25, -0.2) is 4.99 Å². The SMILES string of the molecule is CCC1(c2ccc(N=CNO)cc2)CCC(=O)NC1=O. The van der Waals surface area contributed by atoms with Gasteiger partial charge < -0.3 is 0 Å². The summed E-state index contributed by atoms with van der Waals surface area (Å²) >= 11 is 0. The normalized spacial score (nSPS) is 22.9. The van der Waals surface area contributed by atoms with Gasteiger partial charge in [-0.05, 0) is 30.5 Å². The number of hydroxylamine groups is 1. The lowest BCUT2D eigenvalue weighted by atomic mass is 9.72. The molecule has 0 aliphatic carbocycles. The van der Waals surface area contributed by atoms with E-state index in [-0.39, 0.29) is 11.8 Å². The van der Waals surface area contributed by atoms with Crippen LogP contribution in [0.4, 0.5) is 5.69 Å². The van der Waals surface area contributed by atoms with Gasteiger partial charge in [-0.2, -0.15) is 0 Å². The molecule has 1 aromatic carbocycles. The molecule has 2 rings (SSSR count). The average molecular weight is 275 g/mol. The average Bonchev–Trinajstić information content (AvgIpc) is 2.47. The number of hydrogen-bond acceptors (Lipinski definition) is 4. The largest absolute Gasteiger partial charge is 0.296 e. The Morgan fingerprint density at radius 1 is 1.40 bits per heavy atom. The summed E-state index contributed by atoms with van der Waals surface area (Å²) in [5.74, 6) is -0.446. The van der Waals surface area contributed by atoms with E-state index in [4.69, 9.17) is 5.21 Å². The van der Waals surface area contributed by atoms with Crippen molar-refractivity contribution in [2.24, 2.45) is 4.99 Å². The molecule has 0 radical (unpaired) electrons. The van der Waals surface area contributed by atoms with Crippen LogP contribution < -0.4 is 10.8 Å². The van der Waals surface area contributed by atoms with Gasteiger partial charge in [-0.1, -0.05) is 19.1 Å². The zero-order valence-electron chi connectivity index (χ0n) is 11.2. The first kappa shape index (κ1) is 14.2. The molecule has 0 aromatic heterocycles. The van der Waals surface area contributed by atoms with E-state index in [2.05, 4.69) is 10.3 Å². The number of aliphatic imine (C=N–C) groups is 1. The van der Waals surface area contributed by atoms with Crippen LogP contribution in [0.15, 0.2) is 29.3 Å². The Morgan fingerprint density at radius 2 is 2.10 bits per heavy atom. The highest BCUT2D eigenvalue weighted by Gasteiger charge is 2.42. The number of amides is 2. The molecule has 0 saturated carbocycles. The van der Waals surface area contributed by atoms with E-state index in [1.54, 1.807) is 12.1 Å². The molecule has 1 fully saturated rings. The summed E-state index contributed by atoms with van der Waals surface area (Å²) in [5, 5.41) is 10.9. The lowest BCUT2D eigenvalue weighted by Gasteiger charge is -2.34. The first-order chi connectivity index (χ1) is 9.62. The minimum absolute atomic E-state index is 0.214. The van der Waals surface area contributed by atoms with Crippen LogP contribution in [0.5, 0.6) is 0 Å². The molecule has 2 amide bonds. The predicted molar refractivity (Wildman–Crippen MR) is 73.9 cm³/mol. The molecule has 106 valence electrons. The summed E-state index contributed by atoms with van der Waals surface area (Å²) in [7, 11) is 0. The standard InChI is InChI=1S/C14H17N3O3/c1-2-14(8-7-12(18)17-13(14)19)10-3-5-11(6-4-10)15-9-16-20/h3-6,9,20H,2,7-8H2,1H3,(H,15,16)(H,17,18,19). The zero-order valence-corrected chi connectivity index (χ0v) is 11.2. The first-order valence-corrected chi connectivity index (χ1v) is 6.49. The van der Waals surface area contributed by atoms with Crippen LogP contribution in [0, 0.1) is 0 Å². The van der Waals surface area contributed by atoms with Crippen molar-refractivity contribution in [3.63, 3.8) is 0 Å². The van der Waals surface area contributed by atoms with Crippen molar-refractivity contribution in [3.05, 3.63) is 29.8 Å². The van der Waals surface area contributed by atoms with E-state index < -0.39 is 5.41 Å². The van der Waals surface area contributed by atoms with Crippen molar-refractivity contribution in [3.8, 4) is 0 Å². The third kappa shape index (κ3) is 2.55. The number of carbonyl (C=O) groups is 2. The quantitative estimate of drug-likeness (QED) is 0.335. The predicted octanol–water partition coefficient (Wildman–Crippen LogP) is 1.41. The number of carbonyl (C=O) groups excluding carboxylic acids is 2. The highest BCUT2D eigenvalue weighted by molar-refractivity contribution is 6.03. The second-order valence-corrected chi connectivity index (χ2v) is 4.75. The van der Waals surface area contributed by atoms with Crippen molar-refractivity contribution >= 4 is 23.8 Å². The van der Waals surface area contributed by atoms with Crippen LogP contribution in [0.3, 0.4) is 0 Å².